The fourth-order valence-electron chi connectivity index (χ4n) is 0.525. The van der Waals surface area contributed by atoms with Crippen LogP contribution in [0, 0.1) is 0 Å². The van der Waals surface area contributed by atoms with Crippen LogP contribution in [0.4, 0.5) is 0 Å². The van der Waals surface area contributed by atoms with Crippen molar-refractivity contribution in [3.63, 3.8) is 0 Å². The monoisotopic (exact) mass is 142 g/mol. The smallest absolute Gasteiger partial charge is 0.115 e. The highest BCUT2D eigenvalue weighted by molar-refractivity contribution is 7.17. The van der Waals surface area contributed by atoms with E-state index < -0.39 is 0 Å². The van der Waals surface area contributed by atoms with E-state index in [9.17, 15) is 0 Å². The predicted octanol–water partition coefficient (Wildman–Crippen LogP) is 1.75. The van der Waals surface area contributed by atoms with E-state index in [1.165, 1.54) is 27.8 Å². The van der Waals surface area contributed by atoms with Gasteiger partial charge in [-0.25, -0.2) is 0 Å². The highest BCUT2D eigenvalue weighted by atomic mass is 32.1. The highest BCUT2D eigenvalue weighted by Crippen LogP contribution is 2.17. The standard InChI is InChI=1S/C4H2N2S2/c1-3-4(8-5-1)2-7-6-3/h1-2H. The predicted molar refractivity (Wildman–Crippen MR) is 35.3 cm³/mol. The SMILES string of the molecule is c1nsc2csnc12. The summed E-state index contributed by atoms with van der Waals surface area (Å²) in [5, 5.41) is 2.01. The molecule has 0 saturated heterocycles. The van der Waals surface area contributed by atoms with Crippen LogP contribution in [-0.4, -0.2) is 8.75 Å². The first-order chi connectivity index (χ1) is 3.97. The molecule has 2 aromatic rings. The van der Waals surface area contributed by atoms with Crippen molar-refractivity contribution >= 4 is 33.3 Å². The van der Waals surface area contributed by atoms with Gasteiger partial charge in [0, 0.05) is 5.38 Å². The van der Waals surface area contributed by atoms with Crippen LogP contribution in [0.1, 0.15) is 0 Å². The molecule has 0 saturated carbocycles. The van der Waals surface area contributed by atoms with Gasteiger partial charge >= 0.3 is 0 Å². The second-order valence-electron chi connectivity index (χ2n) is 1.39. The van der Waals surface area contributed by atoms with Gasteiger partial charge in [-0.3, -0.25) is 0 Å². The Morgan fingerprint density at radius 3 is 3.38 bits per heavy atom. The molecule has 2 rings (SSSR count). The van der Waals surface area contributed by atoms with E-state index in [1.807, 2.05) is 5.38 Å². The van der Waals surface area contributed by atoms with Crippen LogP contribution in [0.3, 0.4) is 0 Å². The van der Waals surface area contributed by atoms with Crippen LogP contribution in [-0.2, 0) is 0 Å². The molecular formula is C4H2N2S2. The van der Waals surface area contributed by atoms with Gasteiger partial charge in [0.25, 0.3) is 0 Å². The molecule has 0 aliphatic carbocycles. The molecule has 0 radical (unpaired) electrons. The lowest BCUT2D eigenvalue weighted by molar-refractivity contribution is 1.56. The van der Waals surface area contributed by atoms with E-state index in [0.717, 1.165) is 5.52 Å². The molecule has 0 aromatic carbocycles. The van der Waals surface area contributed by atoms with Crippen LogP contribution in [0.15, 0.2) is 11.6 Å². The number of nitrogens with zero attached hydrogens (tertiary/aromatic N) is 2. The normalized spacial score (nSPS) is 10.5. The van der Waals surface area contributed by atoms with Gasteiger partial charge < -0.3 is 0 Å². The van der Waals surface area contributed by atoms with E-state index >= 15 is 0 Å². The molecule has 4 heteroatoms. The number of hydrogen-bond donors (Lipinski definition) is 0. The lowest BCUT2D eigenvalue weighted by atomic mass is 10.6. The molecule has 0 spiro atoms. The van der Waals surface area contributed by atoms with E-state index in [0.29, 0.717) is 0 Å². The first-order valence-electron chi connectivity index (χ1n) is 2.11. The zero-order valence-corrected chi connectivity index (χ0v) is 5.50. The van der Waals surface area contributed by atoms with E-state index in [-0.39, 0.29) is 0 Å². The Balaban J connectivity index is 3.06. The van der Waals surface area contributed by atoms with Gasteiger partial charge in [-0.2, -0.15) is 8.75 Å². The Bertz CT molecular complexity index is 233. The molecule has 0 amide bonds. The van der Waals surface area contributed by atoms with Crippen LogP contribution in [0.5, 0.6) is 0 Å². The van der Waals surface area contributed by atoms with Crippen molar-refractivity contribution in [2.45, 2.75) is 0 Å². The van der Waals surface area contributed by atoms with Crippen LogP contribution >= 0.6 is 23.1 Å². The largest absolute Gasteiger partial charge is 0.198 e. The van der Waals surface area contributed by atoms with Gasteiger partial charge in [0.2, 0.25) is 0 Å². The number of aromatic nitrogens is 2. The van der Waals surface area contributed by atoms with Crippen molar-refractivity contribution in [1.82, 2.24) is 8.75 Å². The summed E-state index contributed by atoms with van der Waals surface area (Å²) in [6, 6.07) is 0. The summed E-state index contributed by atoms with van der Waals surface area (Å²) in [5.41, 5.74) is 1.03. The molecule has 2 heterocycles. The first-order valence-corrected chi connectivity index (χ1v) is 3.72. The van der Waals surface area contributed by atoms with Crippen LogP contribution < -0.4 is 0 Å². The topological polar surface area (TPSA) is 25.8 Å². The fraction of sp³-hybridized carbons (Fsp3) is 0. The first kappa shape index (κ1) is 4.40. The Hall–Kier alpha value is -0.480. The van der Waals surface area contributed by atoms with Crippen LogP contribution in [0.2, 0.25) is 0 Å². The van der Waals surface area contributed by atoms with Gasteiger partial charge in [-0.15, -0.1) is 0 Å². The number of fused-ring (bicyclic) bond motifs is 1. The minimum Gasteiger partial charge on any atom is -0.198 e. The average Bonchev–Trinajstić information content (AvgIpc) is 2.15. The zero-order valence-electron chi connectivity index (χ0n) is 3.87. The summed E-state index contributed by atoms with van der Waals surface area (Å²) in [4.78, 5) is 0. The van der Waals surface area contributed by atoms with Gasteiger partial charge in [0.15, 0.2) is 0 Å². The molecule has 0 unspecified atom stereocenters. The molecule has 2 aromatic heterocycles. The van der Waals surface area contributed by atoms with Crippen LogP contribution in [0.25, 0.3) is 10.2 Å². The van der Waals surface area contributed by atoms with Gasteiger partial charge in [-0.1, -0.05) is 0 Å². The molecule has 0 aliphatic rings. The van der Waals surface area contributed by atoms with E-state index in [2.05, 4.69) is 8.75 Å². The summed E-state index contributed by atoms with van der Waals surface area (Å²) >= 11 is 2.97. The van der Waals surface area contributed by atoms with Crippen molar-refractivity contribution in [3.05, 3.63) is 11.6 Å². The second kappa shape index (κ2) is 1.50. The highest BCUT2D eigenvalue weighted by Gasteiger charge is 1.94. The minimum absolute atomic E-state index is 1.03. The van der Waals surface area contributed by atoms with E-state index in [4.69, 9.17) is 0 Å². The summed E-state index contributed by atoms with van der Waals surface area (Å²) in [7, 11) is 0. The molecule has 0 atom stereocenters. The second-order valence-corrected chi connectivity index (χ2v) is 2.85. The Morgan fingerprint density at radius 1 is 1.50 bits per heavy atom. The number of rotatable bonds is 0. The molecular weight excluding hydrogens is 140 g/mol. The van der Waals surface area contributed by atoms with Crippen molar-refractivity contribution < 1.29 is 0 Å². The maximum Gasteiger partial charge on any atom is 0.115 e. The third-order valence-corrected chi connectivity index (χ3v) is 2.42. The molecule has 2 nitrogen and oxygen atoms in total. The summed E-state index contributed by atoms with van der Waals surface area (Å²) in [5.74, 6) is 0. The third kappa shape index (κ3) is 0.468. The average molecular weight is 142 g/mol. The quantitative estimate of drug-likeness (QED) is 0.560. The Morgan fingerprint density at radius 2 is 2.50 bits per heavy atom. The summed E-state index contributed by atoms with van der Waals surface area (Å²) in [6.07, 6.45) is 1.79. The molecule has 40 valence electrons. The van der Waals surface area contributed by atoms with Gasteiger partial charge in [-0.05, 0) is 23.1 Å². The summed E-state index contributed by atoms with van der Waals surface area (Å²) in [6.45, 7) is 0. The van der Waals surface area contributed by atoms with Gasteiger partial charge in [0.1, 0.15) is 5.52 Å². The van der Waals surface area contributed by atoms with Crippen molar-refractivity contribution in [1.29, 1.82) is 0 Å². The Labute approximate surface area is 54.1 Å². The maximum absolute atomic E-state index is 4.07. The summed E-state index contributed by atoms with van der Waals surface area (Å²) < 4.78 is 9.21. The van der Waals surface area contributed by atoms with E-state index in [1.54, 1.807) is 6.20 Å². The third-order valence-electron chi connectivity index (χ3n) is 0.889. The molecule has 0 bridgehead atoms. The number of hydrogen-bond acceptors (Lipinski definition) is 4. The minimum atomic E-state index is 1.03. The molecule has 0 aliphatic heterocycles. The Kier molecular flexibility index (Phi) is 0.824. The van der Waals surface area contributed by atoms with Crippen molar-refractivity contribution in [2.75, 3.05) is 0 Å². The maximum atomic E-state index is 4.07. The van der Waals surface area contributed by atoms with Crippen molar-refractivity contribution in [3.8, 4) is 0 Å². The zero-order chi connectivity index (χ0) is 5.40. The lowest BCUT2D eigenvalue weighted by Crippen LogP contribution is -1.49. The lowest BCUT2D eigenvalue weighted by Gasteiger charge is -1.58. The molecule has 0 fully saturated rings. The fourth-order valence-corrected chi connectivity index (χ4v) is 1.87. The van der Waals surface area contributed by atoms with Crippen molar-refractivity contribution in [2.24, 2.45) is 0 Å². The molecule has 8 heavy (non-hydrogen) atoms. The molecule has 0 N–H and O–H groups in total. The van der Waals surface area contributed by atoms with Gasteiger partial charge in [0.05, 0.1) is 10.9 Å².